The summed E-state index contributed by atoms with van der Waals surface area (Å²) in [5.41, 5.74) is 2.19. The summed E-state index contributed by atoms with van der Waals surface area (Å²) < 4.78 is 10.4. The molecule has 1 heterocycles. The smallest absolute Gasteiger partial charge is 0.341 e. The number of hydrogen-bond donors (Lipinski definition) is 1. The summed E-state index contributed by atoms with van der Waals surface area (Å²) in [5, 5.41) is 10.6. The van der Waals surface area contributed by atoms with Gasteiger partial charge in [-0.2, -0.15) is 0 Å². The number of methoxy groups -OCH3 is 1. The zero-order valence-corrected chi connectivity index (χ0v) is 14.5. The molecule has 0 unspecified atom stereocenters. The van der Waals surface area contributed by atoms with Crippen molar-refractivity contribution in [2.45, 2.75) is 26.2 Å². The van der Waals surface area contributed by atoms with E-state index < -0.39 is 0 Å². The lowest BCUT2D eigenvalue weighted by atomic mass is 10.1. The lowest BCUT2D eigenvalue weighted by Gasteiger charge is -2.04. The minimum absolute atomic E-state index is 0.112. The molecule has 24 heavy (non-hydrogen) atoms. The molecular weight excluding hydrogens is 326 g/mol. The first-order valence-corrected chi connectivity index (χ1v) is 8.68. The third kappa shape index (κ3) is 3.14. The first-order valence-electron chi connectivity index (χ1n) is 7.86. The van der Waals surface area contributed by atoms with Crippen molar-refractivity contribution >= 4 is 28.5 Å². The Morgan fingerprint density at radius 1 is 1.42 bits per heavy atom. The fourth-order valence-corrected chi connectivity index (χ4v) is 4.01. The number of thiophene rings is 1. The fraction of sp³-hybridized carbons (Fsp3) is 0.333. The highest BCUT2D eigenvalue weighted by Crippen LogP contribution is 2.41. The number of hydrogen-bond acceptors (Lipinski definition) is 6. The monoisotopic (exact) mass is 345 g/mol. The van der Waals surface area contributed by atoms with Gasteiger partial charge < -0.3 is 14.6 Å². The Balaban J connectivity index is 1.97. The molecule has 0 fully saturated rings. The molecule has 0 radical (unpaired) electrons. The number of carbonyl (C=O) groups excluding carboxylic acids is 1. The minimum atomic E-state index is -0.320. The Labute approximate surface area is 144 Å². The Bertz CT molecular complexity index is 795. The molecule has 0 amide bonds. The average Bonchev–Trinajstić information content (AvgIpc) is 3.14. The van der Waals surface area contributed by atoms with Crippen LogP contribution in [-0.4, -0.2) is 31.0 Å². The van der Waals surface area contributed by atoms with Gasteiger partial charge in [0.2, 0.25) is 0 Å². The van der Waals surface area contributed by atoms with Crippen molar-refractivity contribution in [1.82, 2.24) is 0 Å². The number of phenols is 1. The van der Waals surface area contributed by atoms with Crippen molar-refractivity contribution in [3.8, 4) is 11.5 Å². The van der Waals surface area contributed by atoms with Gasteiger partial charge in [-0.25, -0.2) is 9.79 Å². The van der Waals surface area contributed by atoms with Gasteiger partial charge in [-0.05, 0) is 49.9 Å². The maximum atomic E-state index is 12.3. The molecular formula is C18H19NO4S. The number of benzene rings is 1. The standard InChI is InChI=1S/C18H19NO4S/c1-3-23-18(21)16-13-5-4-6-15(13)24-17(16)19-10-11-9-12(22-2)7-8-14(11)20/h7-10,20H,3-6H2,1-2H3/b19-10+. The van der Waals surface area contributed by atoms with Crippen molar-refractivity contribution in [2.75, 3.05) is 13.7 Å². The predicted molar refractivity (Wildman–Crippen MR) is 94.2 cm³/mol. The van der Waals surface area contributed by atoms with Crippen LogP contribution in [0.25, 0.3) is 0 Å². The normalized spacial score (nSPS) is 13.2. The number of nitrogens with zero attached hydrogens (tertiary/aromatic N) is 1. The van der Waals surface area contributed by atoms with Gasteiger partial charge in [0.1, 0.15) is 16.5 Å². The Hall–Kier alpha value is -2.34. The number of ether oxygens (including phenoxy) is 2. The van der Waals surface area contributed by atoms with Crippen LogP contribution in [0.4, 0.5) is 5.00 Å². The topological polar surface area (TPSA) is 68.1 Å². The molecule has 6 heteroatoms. The van der Waals surface area contributed by atoms with E-state index in [0.29, 0.717) is 28.5 Å². The van der Waals surface area contributed by atoms with Crippen molar-refractivity contribution in [3.05, 3.63) is 39.8 Å². The molecule has 5 nitrogen and oxygen atoms in total. The van der Waals surface area contributed by atoms with Crippen LogP contribution in [0.5, 0.6) is 11.5 Å². The van der Waals surface area contributed by atoms with E-state index in [4.69, 9.17) is 9.47 Å². The van der Waals surface area contributed by atoms with Gasteiger partial charge >= 0.3 is 5.97 Å². The van der Waals surface area contributed by atoms with E-state index in [0.717, 1.165) is 24.8 Å². The fourth-order valence-electron chi connectivity index (χ4n) is 2.79. The number of aryl methyl sites for hydroxylation is 1. The van der Waals surface area contributed by atoms with Crippen LogP contribution in [0.15, 0.2) is 23.2 Å². The van der Waals surface area contributed by atoms with Gasteiger partial charge in [0.05, 0.1) is 19.3 Å². The van der Waals surface area contributed by atoms with E-state index in [2.05, 4.69) is 4.99 Å². The SMILES string of the molecule is CCOC(=O)c1c(/N=C/c2cc(OC)ccc2O)sc2c1CCC2. The van der Waals surface area contributed by atoms with Gasteiger partial charge in [0.15, 0.2) is 0 Å². The summed E-state index contributed by atoms with van der Waals surface area (Å²) in [4.78, 5) is 18.0. The van der Waals surface area contributed by atoms with Crippen molar-refractivity contribution in [3.63, 3.8) is 0 Å². The zero-order valence-electron chi connectivity index (χ0n) is 13.7. The number of esters is 1. The summed E-state index contributed by atoms with van der Waals surface area (Å²) >= 11 is 1.53. The summed E-state index contributed by atoms with van der Waals surface area (Å²) in [5.74, 6) is 0.425. The molecule has 1 aromatic carbocycles. The molecule has 0 saturated carbocycles. The summed E-state index contributed by atoms with van der Waals surface area (Å²) in [6.45, 7) is 2.13. The van der Waals surface area contributed by atoms with Crippen LogP contribution in [0.1, 0.15) is 39.7 Å². The second-order valence-corrected chi connectivity index (χ2v) is 6.52. The second kappa shape index (κ2) is 7.05. The van der Waals surface area contributed by atoms with Crippen molar-refractivity contribution in [2.24, 2.45) is 4.99 Å². The highest BCUT2D eigenvalue weighted by molar-refractivity contribution is 7.16. The Morgan fingerprint density at radius 3 is 3.00 bits per heavy atom. The van der Waals surface area contributed by atoms with Gasteiger partial charge in [0.25, 0.3) is 0 Å². The molecule has 2 aromatic rings. The highest BCUT2D eigenvalue weighted by atomic mass is 32.1. The molecule has 0 spiro atoms. The molecule has 1 aromatic heterocycles. The number of rotatable bonds is 5. The van der Waals surface area contributed by atoms with Crippen LogP contribution < -0.4 is 4.74 Å². The second-order valence-electron chi connectivity index (χ2n) is 5.44. The Morgan fingerprint density at radius 2 is 2.25 bits per heavy atom. The van der Waals surface area contributed by atoms with Crippen LogP contribution in [0.3, 0.4) is 0 Å². The van der Waals surface area contributed by atoms with Gasteiger partial charge in [0, 0.05) is 16.7 Å². The average molecular weight is 345 g/mol. The molecule has 0 saturated heterocycles. The van der Waals surface area contributed by atoms with Gasteiger partial charge in [-0.3, -0.25) is 0 Å². The molecule has 1 aliphatic carbocycles. The highest BCUT2D eigenvalue weighted by Gasteiger charge is 2.27. The summed E-state index contributed by atoms with van der Waals surface area (Å²) in [6, 6.07) is 4.93. The molecule has 3 rings (SSSR count). The largest absolute Gasteiger partial charge is 0.507 e. The van der Waals surface area contributed by atoms with Gasteiger partial charge in [-0.15, -0.1) is 11.3 Å². The number of phenolic OH excluding ortho intramolecular Hbond substituents is 1. The van der Waals surface area contributed by atoms with E-state index in [1.165, 1.54) is 16.2 Å². The van der Waals surface area contributed by atoms with Crippen LogP contribution in [0.2, 0.25) is 0 Å². The lowest BCUT2D eigenvalue weighted by molar-refractivity contribution is 0.0527. The molecule has 126 valence electrons. The first kappa shape index (κ1) is 16.5. The summed E-state index contributed by atoms with van der Waals surface area (Å²) in [6.07, 6.45) is 4.49. The van der Waals surface area contributed by atoms with Crippen molar-refractivity contribution < 1.29 is 19.4 Å². The molecule has 0 bridgehead atoms. The Kier molecular flexibility index (Phi) is 4.85. The van der Waals surface area contributed by atoms with Gasteiger partial charge in [-0.1, -0.05) is 0 Å². The number of aliphatic imine (C=N–C) groups is 1. The van der Waals surface area contributed by atoms with E-state index in [1.807, 2.05) is 0 Å². The molecule has 0 atom stereocenters. The zero-order chi connectivity index (χ0) is 17.1. The molecule has 1 N–H and O–H groups in total. The van der Waals surface area contributed by atoms with Crippen LogP contribution in [-0.2, 0) is 17.6 Å². The van der Waals surface area contributed by atoms with Crippen LogP contribution in [0, 0.1) is 0 Å². The first-order chi connectivity index (χ1) is 11.6. The third-order valence-electron chi connectivity index (χ3n) is 3.94. The molecule has 0 aliphatic heterocycles. The minimum Gasteiger partial charge on any atom is -0.507 e. The van der Waals surface area contributed by atoms with E-state index in [1.54, 1.807) is 38.4 Å². The predicted octanol–water partition coefficient (Wildman–Crippen LogP) is 3.88. The summed E-state index contributed by atoms with van der Waals surface area (Å²) in [7, 11) is 1.57. The lowest BCUT2D eigenvalue weighted by Crippen LogP contribution is -2.06. The number of aromatic hydroxyl groups is 1. The quantitative estimate of drug-likeness (QED) is 0.660. The number of carbonyl (C=O) groups is 1. The van der Waals surface area contributed by atoms with Crippen LogP contribution >= 0.6 is 11.3 Å². The van der Waals surface area contributed by atoms with E-state index in [9.17, 15) is 9.90 Å². The maximum absolute atomic E-state index is 12.3. The van der Waals surface area contributed by atoms with E-state index in [-0.39, 0.29) is 11.7 Å². The maximum Gasteiger partial charge on any atom is 0.341 e. The third-order valence-corrected chi connectivity index (χ3v) is 5.14. The number of fused-ring (bicyclic) bond motifs is 1. The van der Waals surface area contributed by atoms with Crippen molar-refractivity contribution in [1.29, 1.82) is 0 Å². The van der Waals surface area contributed by atoms with E-state index >= 15 is 0 Å². The molecule has 1 aliphatic rings.